The second-order valence-corrected chi connectivity index (χ2v) is 6.65. The number of carboxylic acids is 1. The fourth-order valence-electron chi connectivity index (χ4n) is 2.68. The van der Waals surface area contributed by atoms with Crippen molar-refractivity contribution in [1.29, 1.82) is 0 Å². The summed E-state index contributed by atoms with van der Waals surface area (Å²) in [4.78, 5) is 15.6. The van der Waals surface area contributed by atoms with Gasteiger partial charge in [-0.3, -0.25) is 0 Å². The van der Waals surface area contributed by atoms with Crippen molar-refractivity contribution >= 4 is 34.3 Å². The number of nitrogens with zero attached hydrogens (tertiary/aromatic N) is 1. The molecule has 5 heteroatoms. The molecule has 2 heterocycles. The maximum absolute atomic E-state index is 11.3. The summed E-state index contributed by atoms with van der Waals surface area (Å²) >= 11 is 2.01. The van der Waals surface area contributed by atoms with Gasteiger partial charge >= 0.3 is 5.97 Å². The van der Waals surface area contributed by atoms with Crippen molar-refractivity contribution < 1.29 is 9.90 Å². The molecular formula is C16H18N2O2S. The first-order valence-electron chi connectivity index (χ1n) is 7.22. The predicted octanol–water partition coefficient (Wildman–Crippen LogP) is 3.63. The zero-order valence-corrected chi connectivity index (χ0v) is 12.5. The van der Waals surface area contributed by atoms with Crippen LogP contribution in [0.3, 0.4) is 0 Å². The molecule has 0 saturated carbocycles. The SMILES string of the molecule is O=C(O)c1cnc(NCC2CCCCS2)c2ccccc12. The van der Waals surface area contributed by atoms with Gasteiger partial charge in [0.1, 0.15) is 5.82 Å². The van der Waals surface area contributed by atoms with Gasteiger partial charge in [-0.2, -0.15) is 11.8 Å². The van der Waals surface area contributed by atoms with Gasteiger partial charge in [0.05, 0.1) is 5.56 Å². The number of aromatic carboxylic acids is 1. The Balaban J connectivity index is 1.85. The molecule has 21 heavy (non-hydrogen) atoms. The number of fused-ring (bicyclic) bond motifs is 1. The van der Waals surface area contributed by atoms with Crippen molar-refractivity contribution in [1.82, 2.24) is 4.98 Å². The Hall–Kier alpha value is -1.75. The molecule has 1 fully saturated rings. The lowest BCUT2D eigenvalue weighted by Crippen LogP contribution is -2.20. The van der Waals surface area contributed by atoms with E-state index in [1.165, 1.54) is 31.2 Å². The lowest BCUT2D eigenvalue weighted by molar-refractivity contribution is 0.0698. The van der Waals surface area contributed by atoms with E-state index in [2.05, 4.69) is 10.3 Å². The Kier molecular flexibility index (Phi) is 4.29. The van der Waals surface area contributed by atoms with E-state index in [9.17, 15) is 9.90 Å². The molecule has 1 aliphatic rings. The van der Waals surface area contributed by atoms with Crippen LogP contribution < -0.4 is 5.32 Å². The molecule has 2 N–H and O–H groups in total. The molecule has 0 amide bonds. The van der Waals surface area contributed by atoms with Gasteiger partial charge in [-0.15, -0.1) is 0 Å². The lowest BCUT2D eigenvalue weighted by Gasteiger charge is -2.22. The second kappa shape index (κ2) is 6.35. The van der Waals surface area contributed by atoms with E-state index >= 15 is 0 Å². The number of rotatable bonds is 4. The van der Waals surface area contributed by atoms with Crippen LogP contribution in [0.5, 0.6) is 0 Å². The number of benzene rings is 1. The molecular weight excluding hydrogens is 284 g/mol. The number of anilines is 1. The largest absolute Gasteiger partial charge is 0.478 e. The summed E-state index contributed by atoms with van der Waals surface area (Å²) < 4.78 is 0. The molecule has 1 saturated heterocycles. The van der Waals surface area contributed by atoms with Crippen LogP contribution in [0.15, 0.2) is 30.5 Å². The molecule has 2 aromatic rings. The average molecular weight is 302 g/mol. The molecule has 110 valence electrons. The molecule has 4 nitrogen and oxygen atoms in total. The summed E-state index contributed by atoms with van der Waals surface area (Å²) in [5.41, 5.74) is 0.253. The van der Waals surface area contributed by atoms with E-state index in [0.717, 1.165) is 23.1 Å². The molecule has 1 aromatic carbocycles. The van der Waals surface area contributed by atoms with Crippen molar-refractivity contribution in [2.75, 3.05) is 17.6 Å². The molecule has 1 aromatic heterocycles. The highest BCUT2D eigenvalue weighted by molar-refractivity contribution is 7.99. The van der Waals surface area contributed by atoms with E-state index in [-0.39, 0.29) is 5.56 Å². The Bertz CT molecular complexity index is 654. The van der Waals surface area contributed by atoms with Crippen LogP contribution in [0, 0.1) is 0 Å². The van der Waals surface area contributed by atoms with Gasteiger partial charge in [0.2, 0.25) is 0 Å². The highest BCUT2D eigenvalue weighted by Gasteiger charge is 2.16. The van der Waals surface area contributed by atoms with Crippen LogP contribution in [-0.4, -0.2) is 33.6 Å². The summed E-state index contributed by atoms with van der Waals surface area (Å²) in [5.74, 6) is 1.08. The number of hydrogen-bond donors (Lipinski definition) is 2. The van der Waals surface area contributed by atoms with Gasteiger partial charge in [0, 0.05) is 28.8 Å². The Morgan fingerprint density at radius 3 is 2.86 bits per heavy atom. The Labute approximate surface area is 128 Å². The highest BCUT2D eigenvalue weighted by Crippen LogP contribution is 2.27. The normalized spacial score (nSPS) is 18.6. The van der Waals surface area contributed by atoms with Gasteiger partial charge in [-0.25, -0.2) is 9.78 Å². The summed E-state index contributed by atoms with van der Waals surface area (Å²) in [7, 11) is 0. The van der Waals surface area contributed by atoms with Gasteiger partial charge < -0.3 is 10.4 Å². The molecule has 1 atom stereocenters. The van der Waals surface area contributed by atoms with Gasteiger partial charge in [0.25, 0.3) is 0 Å². The number of thioether (sulfide) groups is 1. The Morgan fingerprint density at radius 1 is 1.33 bits per heavy atom. The van der Waals surface area contributed by atoms with Gasteiger partial charge in [0.15, 0.2) is 0 Å². The van der Waals surface area contributed by atoms with E-state index in [4.69, 9.17) is 0 Å². The third-order valence-corrected chi connectivity index (χ3v) is 5.19. The molecule has 0 bridgehead atoms. The molecule has 0 radical (unpaired) electrons. The van der Waals surface area contributed by atoms with Crippen LogP contribution >= 0.6 is 11.8 Å². The number of carbonyl (C=O) groups is 1. The monoisotopic (exact) mass is 302 g/mol. The minimum Gasteiger partial charge on any atom is -0.478 e. The fraction of sp³-hybridized carbons (Fsp3) is 0.375. The standard InChI is InChI=1S/C16H18N2O2S/c19-16(20)14-10-18-15(13-7-2-1-6-12(13)14)17-9-11-5-3-4-8-21-11/h1-2,6-7,10-11H,3-5,8-9H2,(H,17,18)(H,19,20). The van der Waals surface area contributed by atoms with Crippen LogP contribution in [0.4, 0.5) is 5.82 Å². The molecule has 1 aliphatic heterocycles. The van der Waals surface area contributed by atoms with Crippen molar-refractivity contribution in [3.05, 3.63) is 36.0 Å². The van der Waals surface area contributed by atoms with Crippen molar-refractivity contribution in [3.63, 3.8) is 0 Å². The smallest absolute Gasteiger partial charge is 0.337 e. The highest BCUT2D eigenvalue weighted by atomic mass is 32.2. The zero-order valence-electron chi connectivity index (χ0n) is 11.7. The van der Waals surface area contributed by atoms with Crippen LogP contribution in [0.25, 0.3) is 10.8 Å². The number of nitrogens with one attached hydrogen (secondary N) is 1. The first-order valence-corrected chi connectivity index (χ1v) is 8.27. The summed E-state index contributed by atoms with van der Waals surface area (Å²) in [6.07, 6.45) is 5.30. The topological polar surface area (TPSA) is 62.2 Å². The van der Waals surface area contributed by atoms with E-state index < -0.39 is 5.97 Å². The summed E-state index contributed by atoms with van der Waals surface area (Å²) in [6.45, 7) is 0.883. The maximum atomic E-state index is 11.3. The average Bonchev–Trinajstić information content (AvgIpc) is 2.53. The summed E-state index contributed by atoms with van der Waals surface area (Å²) in [5, 5.41) is 14.9. The number of pyridine rings is 1. The number of aromatic nitrogens is 1. The minimum atomic E-state index is -0.937. The number of hydrogen-bond acceptors (Lipinski definition) is 4. The third kappa shape index (κ3) is 3.13. The molecule has 1 unspecified atom stereocenters. The van der Waals surface area contributed by atoms with E-state index in [0.29, 0.717) is 5.25 Å². The maximum Gasteiger partial charge on any atom is 0.337 e. The molecule has 0 aliphatic carbocycles. The third-order valence-electron chi connectivity index (χ3n) is 3.80. The quantitative estimate of drug-likeness (QED) is 0.903. The van der Waals surface area contributed by atoms with Crippen LogP contribution in [0.1, 0.15) is 29.6 Å². The van der Waals surface area contributed by atoms with Crippen LogP contribution in [0.2, 0.25) is 0 Å². The first-order chi connectivity index (χ1) is 10.3. The predicted molar refractivity (Wildman–Crippen MR) is 87.3 cm³/mol. The van der Waals surface area contributed by atoms with Gasteiger partial charge in [-0.1, -0.05) is 30.7 Å². The minimum absolute atomic E-state index is 0.253. The fourth-order valence-corrected chi connectivity index (χ4v) is 3.92. The van der Waals surface area contributed by atoms with E-state index in [1.54, 1.807) is 0 Å². The van der Waals surface area contributed by atoms with Crippen molar-refractivity contribution in [3.8, 4) is 0 Å². The first kappa shape index (κ1) is 14.2. The Morgan fingerprint density at radius 2 is 2.14 bits per heavy atom. The zero-order chi connectivity index (χ0) is 14.7. The van der Waals surface area contributed by atoms with Crippen LogP contribution in [-0.2, 0) is 0 Å². The van der Waals surface area contributed by atoms with E-state index in [1.807, 2.05) is 36.0 Å². The molecule has 3 rings (SSSR count). The van der Waals surface area contributed by atoms with Crippen molar-refractivity contribution in [2.45, 2.75) is 24.5 Å². The lowest BCUT2D eigenvalue weighted by atomic mass is 10.1. The van der Waals surface area contributed by atoms with Crippen molar-refractivity contribution in [2.24, 2.45) is 0 Å². The molecule has 0 spiro atoms. The van der Waals surface area contributed by atoms with Gasteiger partial charge in [-0.05, 0) is 18.6 Å². The summed E-state index contributed by atoms with van der Waals surface area (Å²) in [6, 6.07) is 7.53. The number of carboxylic acid groups (broad SMARTS) is 1. The second-order valence-electron chi connectivity index (χ2n) is 5.24.